The minimum atomic E-state index is -0.228. The molecule has 2 unspecified atom stereocenters. The fourth-order valence-corrected chi connectivity index (χ4v) is 18.5. The van der Waals surface area contributed by atoms with E-state index in [4.69, 9.17) is 0 Å². The van der Waals surface area contributed by atoms with Gasteiger partial charge in [-0.25, -0.2) is 0 Å². The van der Waals surface area contributed by atoms with E-state index in [0.29, 0.717) is 23.0 Å². The molecule has 2 heterocycles. The number of carbonyl (C=O) groups excluding carboxylic acids is 1. The van der Waals surface area contributed by atoms with Crippen molar-refractivity contribution in [3.8, 4) is 89.3 Å². The Bertz CT molecular complexity index is 6350. The highest BCUT2D eigenvalue weighted by atomic mass is 16.1. The molecule has 106 heavy (non-hydrogen) atoms. The van der Waals surface area contributed by atoms with Gasteiger partial charge in [0.15, 0.2) is 5.78 Å². The standard InChI is InChI=1S/C103H78N2O/c1-102(2)93-43-19-17-41-85(93)87-61-91-89-59-75(45-47-97(89)104(99(91)63-95(87)102)83-39-23-37-73(57-83)69-33-21-35-71(49-69)81-53-77(65-25-9-5-10-26-65)51-78(54-81)66-27-11-6-12-28-66)101(106)76-46-48-98-90(60-76)92-62-88-86-42-18-20-44-94(86)103(3,4)96(88)64-100(92)105(98)84-40-24-38-74(58-84)70-34-22-36-72(50-70)82-55-79(67-29-13-7-14-30-67)52-80(56-82)68-31-15-8-16-32-68/h5-7,9-15,17-29,31-54,56-64,67,79H,8,16,30,55H2,1-4H3. The molecule has 2 aromatic heterocycles. The Morgan fingerprint density at radius 3 is 1.32 bits per heavy atom. The van der Waals surface area contributed by atoms with Crippen LogP contribution >= 0.6 is 0 Å². The summed E-state index contributed by atoms with van der Waals surface area (Å²) in [4.78, 5) is 15.9. The maximum Gasteiger partial charge on any atom is 0.193 e. The van der Waals surface area contributed by atoms with Gasteiger partial charge in [0.25, 0.3) is 0 Å². The summed E-state index contributed by atoms with van der Waals surface area (Å²) in [7, 11) is 0. The lowest BCUT2D eigenvalue weighted by atomic mass is 9.76. The molecule has 0 amide bonds. The van der Waals surface area contributed by atoms with Crippen molar-refractivity contribution in [1.82, 2.24) is 9.13 Å². The van der Waals surface area contributed by atoms with Crippen LogP contribution in [-0.4, -0.2) is 14.9 Å². The Morgan fingerprint density at radius 1 is 0.349 bits per heavy atom. The zero-order valence-corrected chi connectivity index (χ0v) is 60.1. The summed E-state index contributed by atoms with van der Waals surface area (Å²) in [6.07, 6.45) is 25.5. The third-order valence-corrected chi connectivity index (χ3v) is 24.0. The van der Waals surface area contributed by atoms with Crippen LogP contribution in [0.5, 0.6) is 0 Å². The number of hydrogen-bond donors (Lipinski definition) is 0. The lowest BCUT2D eigenvalue weighted by Gasteiger charge is -2.29. The number of benzene rings is 13. The van der Waals surface area contributed by atoms with Crippen LogP contribution in [-0.2, 0) is 10.8 Å². The van der Waals surface area contributed by atoms with E-state index in [1.165, 1.54) is 94.6 Å². The highest BCUT2D eigenvalue weighted by molar-refractivity contribution is 6.19. The molecule has 20 rings (SSSR count). The number of aromatic nitrogens is 2. The predicted molar refractivity (Wildman–Crippen MR) is 444 cm³/mol. The molecule has 3 nitrogen and oxygen atoms in total. The van der Waals surface area contributed by atoms with E-state index in [9.17, 15) is 0 Å². The lowest BCUT2D eigenvalue weighted by molar-refractivity contribution is 0.103. The summed E-state index contributed by atoms with van der Waals surface area (Å²) in [5.41, 5.74) is 34.6. The number of rotatable bonds is 12. The van der Waals surface area contributed by atoms with E-state index >= 15 is 4.79 Å². The minimum absolute atomic E-state index is 0.0131. The van der Waals surface area contributed by atoms with Crippen LogP contribution in [0, 0.1) is 11.8 Å². The first kappa shape index (κ1) is 63.3. The molecule has 0 saturated carbocycles. The van der Waals surface area contributed by atoms with Crippen molar-refractivity contribution in [1.29, 1.82) is 0 Å². The van der Waals surface area contributed by atoms with Crippen molar-refractivity contribution in [3.63, 3.8) is 0 Å². The van der Waals surface area contributed by atoms with Gasteiger partial charge in [-0.15, -0.1) is 0 Å². The molecule has 13 aromatic carbocycles. The SMILES string of the molecule is CC1(C)c2ccccc2-c2cc3c4cc(C(=O)c5ccc6c(c5)c5cc7c(cc5n6-c5cccc(-c6cccc(-c8cc(-c9ccccc9)cc(-c9ccccc9)c8)c6)c5)C(C)(C)c5ccccc5-7)ccc4n(-c4cccc(-c5cccc(C6=CC(C7=CCCC=C7)=CC(C7C=CC=CC7)C6)c5)c4)c3cc21. The quantitative estimate of drug-likeness (QED) is 0.112. The maximum absolute atomic E-state index is 15.9. The van der Waals surface area contributed by atoms with Gasteiger partial charge in [0.05, 0.1) is 22.1 Å². The second kappa shape index (κ2) is 24.9. The normalized spacial score (nSPS) is 16.6. The Kier molecular flexibility index (Phi) is 14.9. The third-order valence-electron chi connectivity index (χ3n) is 24.0. The second-order valence-electron chi connectivity index (χ2n) is 30.9. The smallest absolute Gasteiger partial charge is 0.193 e. The molecule has 0 saturated heterocycles. The van der Waals surface area contributed by atoms with Crippen LogP contribution in [0.1, 0.15) is 97.1 Å². The summed E-state index contributed by atoms with van der Waals surface area (Å²) in [5, 5.41) is 4.32. The third kappa shape index (κ3) is 10.5. The largest absolute Gasteiger partial charge is 0.309 e. The zero-order chi connectivity index (χ0) is 70.9. The molecule has 0 N–H and O–H groups in total. The van der Waals surface area contributed by atoms with Crippen LogP contribution < -0.4 is 0 Å². The van der Waals surface area contributed by atoms with Crippen molar-refractivity contribution < 1.29 is 4.79 Å². The number of carbonyl (C=O) groups is 1. The fraction of sp³-hybridized carbons (Fsp3) is 0.117. The first-order valence-electron chi connectivity index (χ1n) is 37.7. The average molecular weight is 1360 g/mol. The van der Waals surface area contributed by atoms with Gasteiger partial charge in [-0.3, -0.25) is 4.79 Å². The first-order valence-corrected chi connectivity index (χ1v) is 37.7. The minimum Gasteiger partial charge on any atom is -0.309 e. The van der Waals surface area contributed by atoms with Gasteiger partial charge in [-0.1, -0.05) is 252 Å². The van der Waals surface area contributed by atoms with Crippen molar-refractivity contribution in [2.24, 2.45) is 11.8 Å². The molecule has 3 heteroatoms. The van der Waals surface area contributed by atoms with Gasteiger partial charge in [0, 0.05) is 54.9 Å². The molecular weight excluding hydrogens is 1280 g/mol. The van der Waals surface area contributed by atoms with Crippen LogP contribution in [0.2, 0.25) is 0 Å². The summed E-state index contributed by atoms with van der Waals surface area (Å²) in [6.45, 7) is 9.44. The van der Waals surface area contributed by atoms with Crippen molar-refractivity contribution >= 4 is 55.0 Å². The highest BCUT2D eigenvalue weighted by Crippen LogP contribution is 2.54. The number of hydrogen-bond acceptors (Lipinski definition) is 1. The molecule has 0 radical (unpaired) electrons. The van der Waals surface area contributed by atoms with Crippen LogP contribution in [0.3, 0.4) is 0 Å². The van der Waals surface area contributed by atoms with Crippen molar-refractivity contribution in [2.45, 2.75) is 64.2 Å². The van der Waals surface area contributed by atoms with Crippen LogP contribution in [0.15, 0.2) is 351 Å². The monoisotopic (exact) mass is 1360 g/mol. The summed E-state index contributed by atoms with van der Waals surface area (Å²) in [6, 6.07) is 105. The van der Waals surface area contributed by atoms with Crippen molar-refractivity contribution in [3.05, 3.63) is 390 Å². The fourth-order valence-electron chi connectivity index (χ4n) is 18.5. The molecule has 5 aliphatic rings. The first-order chi connectivity index (χ1) is 51.9. The second-order valence-corrected chi connectivity index (χ2v) is 30.9. The van der Waals surface area contributed by atoms with Gasteiger partial charge in [-0.2, -0.15) is 0 Å². The number of nitrogens with zero attached hydrogens (tertiary/aromatic N) is 2. The van der Waals surface area contributed by atoms with E-state index in [1.807, 2.05) is 0 Å². The Labute approximate surface area is 620 Å². The van der Waals surface area contributed by atoms with Gasteiger partial charge >= 0.3 is 0 Å². The molecule has 0 bridgehead atoms. The molecule has 5 aliphatic carbocycles. The maximum atomic E-state index is 15.9. The number of allylic oxidation sites excluding steroid dienone is 12. The summed E-state index contributed by atoms with van der Waals surface area (Å²) < 4.78 is 4.88. The molecule has 15 aromatic rings. The van der Waals surface area contributed by atoms with Gasteiger partial charge in [-0.05, 0) is 275 Å². The highest BCUT2D eigenvalue weighted by Gasteiger charge is 2.38. The molecule has 0 aliphatic heterocycles. The van der Waals surface area contributed by atoms with E-state index in [0.717, 1.165) is 108 Å². The molecular formula is C103H78N2O. The molecule has 506 valence electrons. The van der Waals surface area contributed by atoms with E-state index in [1.54, 1.807) is 0 Å². The summed E-state index contributed by atoms with van der Waals surface area (Å²) in [5.74, 6) is 0.864. The van der Waals surface area contributed by atoms with Crippen molar-refractivity contribution in [2.75, 3.05) is 0 Å². The lowest BCUT2D eigenvalue weighted by Crippen LogP contribution is -2.15. The van der Waals surface area contributed by atoms with Gasteiger partial charge < -0.3 is 9.13 Å². The Balaban J connectivity index is 0.697. The van der Waals surface area contributed by atoms with Gasteiger partial charge in [0.2, 0.25) is 0 Å². The van der Waals surface area contributed by atoms with Crippen LogP contribution in [0.25, 0.3) is 138 Å². The molecule has 0 fully saturated rings. The Morgan fingerprint density at radius 2 is 0.802 bits per heavy atom. The topological polar surface area (TPSA) is 26.9 Å². The number of fused-ring (bicyclic) bond motifs is 12. The summed E-state index contributed by atoms with van der Waals surface area (Å²) >= 11 is 0. The number of ketones is 1. The predicted octanol–water partition coefficient (Wildman–Crippen LogP) is 26.8. The van der Waals surface area contributed by atoms with E-state index in [-0.39, 0.29) is 16.6 Å². The molecule has 0 spiro atoms. The van der Waals surface area contributed by atoms with E-state index < -0.39 is 0 Å². The van der Waals surface area contributed by atoms with Gasteiger partial charge in [0.1, 0.15) is 0 Å². The average Bonchev–Trinajstić information content (AvgIpc) is 1.55. The molecule has 2 atom stereocenters. The van der Waals surface area contributed by atoms with E-state index in [2.05, 4.69) is 377 Å². The van der Waals surface area contributed by atoms with Crippen LogP contribution in [0.4, 0.5) is 0 Å². The Hall–Kier alpha value is -12.4. The zero-order valence-electron chi connectivity index (χ0n) is 60.1.